The second-order valence-electron chi connectivity index (χ2n) is 23.1. The van der Waals surface area contributed by atoms with Gasteiger partial charge in [0.25, 0.3) is 0 Å². The molecule has 1 aromatic heterocycles. The molecule has 4 aliphatic rings. The molecule has 0 amide bonds. The van der Waals surface area contributed by atoms with E-state index in [0.717, 1.165) is 5.56 Å². The lowest BCUT2D eigenvalue weighted by Gasteiger charge is -2.50. The summed E-state index contributed by atoms with van der Waals surface area (Å²) in [6, 6.07) is 63.7. The highest BCUT2D eigenvalue weighted by molar-refractivity contribution is 6.27. The number of benzene rings is 9. The van der Waals surface area contributed by atoms with E-state index in [-0.39, 0.29) is 21.9 Å². The molecule has 3 heterocycles. The number of rotatable bonds is 5. The van der Waals surface area contributed by atoms with Crippen LogP contribution in [0.5, 0.6) is 0 Å². The Labute approximate surface area is 425 Å². The van der Waals surface area contributed by atoms with Crippen molar-refractivity contribution in [2.24, 2.45) is 0 Å². The first-order valence-electron chi connectivity index (χ1n) is 26.8. The molecule has 10 aromatic rings. The average Bonchev–Trinajstić information content (AvgIpc) is 3.74. The second-order valence-corrected chi connectivity index (χ2v) is 23.1. The molecule has 0 saturated heterocycles. The summed E-state index contributed by atoms with van der Waals surface area (Å²) in [5, 5.41) is 10.2. The van der Waals surface area contributed by atoms with Crippen LogP contribution in [-0.2, 0) is 10.8 Å². The topological polar surface area (TPSA) is 19.4 Å². The third kappa shape index (κ3) is 5.94. The van der Waals surface area contributed by atoms with Crippen LogP contribution in [0.25, 0.3) is 76.5 Å². The van der Waals surface area contributed by atoms with Crippen LogP contribution in [0.4, 0.5) is 22.7 Å². The quantitative estimate of drug-likeness (QED) is 0.127. The molecule has 0 spiro atoms. The molecule has 4 atom stereocenters. The predicted octanol–water partition coefficient (Wildman–Crippen LogP) is 18.8. The Kier molecular flexibility index (Phi) is 9.46. The molecule has 0 radical (unpaired) electrons. The summed E-state index contributed by atoms with van der Waals surface area (Å²) >= 11 is 0. The maximum atomic E-state index is 4.67. The summed E-state index contributed by atoms with van der Waals surface area (Å²) in [6.07, 6.45) is 13.6. The molecule has 4 unspecified atom stereocenters. The molecule has 0 bridgehead atoms. The highest BCUT2D eigenvalue weighted by atomic mass is 15.3. The lowest BCUT2D eigenvalue weighted by Crippen LogP contribution is -2.54. The zero-order chi connectivity index (χ0) is 48.7. The lowest BCUT2D eigenvalue weighted by atomic mass is 9.61. The summed E-state index contributed by atoms with van der Waals surface area (Å²) in [6.45, 7) is 14.7. The van der Waals surface area contributed by atoms with Gasteiger partial charge in [-0.2, -0.15) is 0 Å². The van der Waals surface area contributed by atoms with E-state index >= 15 is 0 Å². The van der Waals surface area contributed by atoms with E-state index in [0.29, 0.717) is 0 Å². The molecule has 2 aliphatic heterocycles. The third-order valence-electron chi connectivity index (χ3n) is 19.3. The van der Waals surface area contributed by atoms with Crippen molar-refractivity contribution in [1.82, 2.24) is 4.98 Å². The van der Waals surface area contributed by atoms with E-state index in [1.54, 1.807) is 0 Å². The standard InChI is InChI=1S/C69H63N3/c1-44-18-15-22-50(36-44)71-62-29-27-47(39-60(62)66(3)31-11-13-33-68(66,71)5)64-53-25-9-10-26-54(53)65(59-42-57-55(49-21-17-35-70-43-49)38-46-20-7-8-24-52(46)56(57)41-58(59)64)48-28-30-63-61(40-48)67(4)32-12-14-34-69(67,6)72(63)51-23-16-19-45(2)37-51/h7-10,15-30,35-43H,11-14,31-34H2,1-6H3. The molecule has 0 N–H and O–H groups in total. The fourth-order valence-electron chi connectivity index (χ4n) is 15.3. The van der Waals surface area contributed by atoms with E-state index in [9.17, 15) is 0 Å². The number of anilines is 4. The van der Waals surface area contributed by atoms with Crippen LogP contribution in [0.3, 0.4) is 0 Å². The number of hydrogen-bond acceptors (Lipinski definition) is 3. The molecule has 2 saturated carbocycles. The Morgan fingerprint density at radius 1 is 0.403 bits per heavy atom. The molecular formula is C69H63N3. The molecule has 14 rings (SSSR count). The van der Waals surface area contributed by atoms with Gasteiger partial charge in [-0.05, 0) is 219 Å². The number of nitrogens with zero attached hydrogens (tertiary/aromatic N) is 3. The zero-order valence-corrected chi connectivity index (χ0v) is 42.7. The molecule has 72 heavy (non-hydrogen) atoms. The van der Waals surface area contributed by atoms with Crippen LogP contribution in [0, 0.1) is 13.8 Å². The highest BCUT2D eigenvalue weighted by Crippen LogP contribution is 2.64. The fourth-order valence-corrected chi connectivity index (χ4v) is 15.3. The molecule has 3 nitrogen and oxygen atoms in total. The van der Waals surface area contributed by atoms with E-state index in [4.69, 9.17) is 0 Å². The van der Waals surface area contributed by atoms with Crippen molar-refractivity contribution in [3.63, 3.8) is 0 Å². The first-order valence-corrected chi connectivity index (χ1v) is 26.8. The number of pyridine rings is 1. The van der Waals surface area contributed by atoms with Gasteiger partial charge in [-0.25, -0.2) is 0 Å². The minimum absolute atomic E-state index is 0.0200. The Balaban J connectivity index is 1.08. The number of aromatic nitrogens is 1. The van der Waals surface area contributed by atoms with E-state index in [1.165, 1.54) is 167 Å². The van der Waals surface area contributed by atoms with Gasteiger partial charge in [0, 0.05) is 51.5 Å². The third-order valence-corrected chi connectivity index (χ3v) is 19.3. The van der Waals surface area contributed by atoms with Gasteiger partial charge in [0.2, 0.25) is 0 Å². The predicted molar refractivity (Wildman–Crippen MR) is 306 cm³/mol. The van der Waals surface area contributed by atoms with Crippen molar-refractivity contribution < 1.29 is 0 Å². The van der Waals surface area contributed by atoms with E-state index < -0.39 is 0 Å². The van der Waals surface area contributed by atoms with Crippen LogP contribution >= 0.6 is 0 Å². The second kappa shape index (κ2) is 15.6. The molecule has 354 valence electrons. The largest absolute Gasteiger partial charge is 0.334 e. The van der Waals surface area contributed by atoms with Crippen molar-refractivity contribution in [3.05, 3.63) is 198 Å². The summed E-state index contributed by atoms with van der Waals surface area (Å²) in [4.78, 5) is 10.1. The molecule has 2 fully saturated rings. The Morgan fingerprint density at radius 2 is 0.917 bits per heavy atom. The minimum Gasteiger partial charge on any atom is -0.334 e. The highest BCUT2D eigenvalue weighted by Gasteiger charge is 2.59. The van der Waals surface area contributed by atoms with E-state index in [2.05, 4.69) is 220 Å². The Morgan fingerprint density at radius 3 is 1.44 bits per heavy atom. The van der Waals surface area contributed by atoms with Crippen LogP contribution in [0.1, 0.15) is 101 Å². The summed E-state index contributed by atoms with van der Waals surface area (Å²) in [5.74, 6) is 0. The van der Waals surface area contributed by atoms with Crippen molar-refractivity contribution in [1.29, 1.82) is 0 Å². The summed E-state index contributed by atoms with van der Waals surface area (Å²) < 4.78 is 0. The molecule has 3 heteroatoms. The van der Waals surface area contributed by atoms with Crippen molar-refractivity contribution in [2.75, 3.05) is 9.80 Å². The van der Waals surface area contributed by atoms with E-state index in [1.807, 2.05) is 12.4 Å². The monoisotopic (exact) mass is 934 g/mol. The summed E-state index contributed by atoms with van der Waals surface area (Å²) in [7, 11) is 0. The van der Waals surface area contributed by atoms with Gasteiger partial charge in [0.1, 0.15) is 0 Å². The number of aryl methyl sites for hydroxylation is 2. The maximum absolute atomic E-state index is 4.67. The summed E-state index contributed by atoms with van der Waals surface area (Å²) in [5.41, 5.74) is 18.3. The van der Waals surface area contributed by atoms with Crippen LogP contribution in [0.15, 0.2) is 176 Å². The van der Waals surface area contributed by atoms with Gasteiger partial charge in [-0.15, -0.1) is 0 Å². The van der Waals surface area contributed by atoms with Crippen LogP contribution in [-0.4, -0.2) is 16.1 Å². The minimum atomic E-state index is -0.0442. The first kappa shape index (κ1) is 43.5. The fraction of sp³-hybridized carbons (Fsp3) is 0.261. The Hall–Kier alpha value is -7.23. The normalized spacial score (nSPS) is 23.4. The number of hydrogen-bond donors (Lipinski definition) is 0. The zero-order valence-electron chi connectivity index (χ0n) is 42.7. The van der Waals surface area contributed by atoms with Crippen molar-refractivity contribution in [3.8, 4) is 33.4 Å². The van der Waals surface area contributed by atoms with Gasteiger partial charge in [-0.1, -0.05) is 131 Å². The van der Waals surface area contributed by atoms with Crippen LogP contribution in [0.2, 0.25) is 0 Å². The van der Waals surface area contributed by atoms with Gasteiger partial charge in [0.05, 0.1) is 11.1 Å². The number of fused-ring (bicyclic) bond motifs is 11. The van der Waals surface area contributed by atoms with Gasteiger partial charge in [-0.3, -0.25) is 4.98 Å². The molecular weight excluding hydrogens is 871 g/mol. The SMILES string of the molecule is Cc1cccc(N2c3ccc(-c4c5ccccc5c(-c5ccc6c(c5)C5(C)CCCCC5(C)N6c5cccc(C)c5)c5cc6c(cc45)c(-c4cccnc4)cc4ccccc46)cc3C3(C)CCCCC23C)c1. The molecule has 2 aliphatic carbocycles. The molecule has 9 aromatic carbocycles. The smallest absolute Gasteiger partial charge is 0.0517 e. The van der Waals surface area contributed by atoms with Crippen molar-refractivity contribution >= 4 is 65.8 Å². The Bertz CT molecular complexity index is 3890. The van der Waals surface area contributed by atoms with Gasteiger partial charge < -0.3 is 9.80 Å². The van der Waals surface area contributed by atoms with Gasteiger partial charge >= 0.3 is 0 Å². The first-order chi connectivity index (χ1) is 35.0. The van der Waals surface area contributed by atoms with Crippen molar-refractivity contribution in [2.45, 2.75) is 115 Å². The van der Waals surface area contributed by atoms with Gasteiger partial charge in [0.15, 0.2) is 0 Å². The average molecular weight is 934 g/mol. The maximum Gasteiger partial charge on any atom is 0.0517 e. The lowest BCUT2D eigenvalue weighted by molar-refractivity contribution is 0.195. The van der Waals surface area contributed by atoms with Crippen LogP contribution < -0.4 is 9.80 Å².